The van der Waals surface area contributed by atoms with Gasteiger partial charge in [0.1, 0.15) is 0 Å². The molecule has 0 radical (unpaired) electrons. The van der Waals surface area contributed by atoms with Gasteiger partial charge in [-0.2, -0.15) is 0 Å². The highest BCUT2D eigenvalue weighted by Crippen LogP contribution is 2.26. The molecular weight excluding hydrogens is 236 g/mol. The second-order valence-corrected chi connectivity index (χ2v) is 4.54. The molecule has 3 aromatic rings. The Hall–Kier alpha value is -1.74. The van der Waals surface area contributed by atoms with Crippen LogP contribution in [-0.2, 0) is 0 Å². The number of nitrogens with one attached hydrogen (secondary N) is 1. The number of fused-ring (bicyclic) bond motifs is 1. The Balaban J connectivity index is 2.23. The third kappa shape index (κ3) is 1.72. The van der Waals surface area contributed by atoms with Gasteiger partial charge in [0.2, 0.25) is 0 Å². The van der Waals surface area contributed by atoms with Crippen LogP contribution in [-0.4, -0.2) is 9.97 Å². The normalized spacial score (nSPS) is 11.2. The predicted octanol–water partition coefficient (Wildman–Crippen LogP) is 4.09. The van der Waals surface area contributed by atoms with Gasteiger partial charge in [-0.1, -0.05) is 6.07 Å². The zero-order valence-electron chi connectivity index (χ0n) is 9.54. The van der Waals surface area contributed by atoms with E-state index in [9.17, 15) is 0 Å². The van der Waals surface area contributed by atoms with E-state index in [0.717, 1.165) is 16.6 Å². The Morgan fingerprint density at radius 2 is 2.06 bits per heavy atom. The summed E-state index contributed by atoms with van der Waals surface area (Å²) in [5.41, 5.74) is 4.35. The maximum atomic E-state index is 5.76. The lowest BCUT2D eigenvalue weighted by molar-refractivity contribution is 0.580. The average Bonchev–Trinajstić information content (AvgIpc) is 2.83. The fourth-order valence-corrected chi connectivity index (χ4v) is 2.18. The van der Waals surface area contributed by atoms with Crippen molar-refractivity contribution in [1.29, 1.82) is 0 Å². The summed E-state index contributed by atoms with van der Waals surface area (Å²) in [6, 6.07) is 7.70. The second-order valence-electron chi connectivity index (χ2n) is 4.17. The van der Waals surface area contributed by atoms with Crippen molar-refractivity contribution in [2.24, 2.45) is 0 Å². The Bertz CT molecular complexity index is 697. The van der Waals surface area contributed by atoms with Crippen LogP contribution in [0.1, 0.15) is 11.1 Å². The molecular formula is C13H11ClN2O. The first kappa shape index (κ1) is 10.4. The van der Waals surface area contributed by atoms with Crippen molar-refractivity contribution in [3.05, 3.63) is 40.6 Å². The largest absolute Gasteiger partial charge is 0.441 e. The van der Waals surface area contributed by atoms with Gasteiger partial charge < -0.3 is 9.40 Å². The molecule has 0 amide bonds. The highest BCUT2D eigenvalue weighted by molar-refractivity contribution is 6.28. The summed E-state index contributed by atoms with van der Waals surface area (Å²) in [6.07, 6.45) is 0. The topological polar surface area (TPSA) is 41.8 Å². The number of nitrogens with zero attached hydrogens (tertiary/aromatic N) is 1. The van der Waals surface area contributed by atoms with Crippen molar-refractivity contribution >= 4 is 22.6 Å². The Labute approximate surface area is 103 Å². The van der Waals surface area contributed by atoms with Gasteiger partial charge >= 0.3 is 0 Å². The van der Waals surface area contributed by atoms with Gasteiger partial charge in [-0.25, -0.2) is 4.98 Å². The lowest BCUT2D eigenvalue weighted by atomic mass is 10.1. The van der Waals surface area contributed by atoms with Crippen LogP contribution in [0.15, 0.2) is 28.7 Å². The molecule has 0 fully saturated rings. The Morgan fingerprint density at radius 3 is 2.76 bits per heavy atom. The second kappa shape index (κ2) is 3.64. The predicted molar refractivity (Wildman–Crippen MR) is 68.3 cm³/mol. The zero-order valence-corrected chi connectivity index (χ0v) is 10.3. The third-order valence-corrected chi connectivity index (χ3v) is 2.93. The molecule has 1 aromatic carbocycles. The van der Waals surface area contributed by atoms with Crippen molar-refractivity contribution in [2.45, 2.75) is 13.8 Å². The fraction of sp³-hybridized carbons (Fsp3) is 0.154. The number of halogens is 1. The van der Waals surface area contributed by atoms with Gasteiger partial charge in [0, 0.05) is 0 Å². The minimum atomic E-state index is 0.369. The average molecular weight is 247 g/mol. The first-order valence-corrected chi connectivity index (χ1v) is 5.74. The summed E-state index contributed by atoms with van der Waals surface area (Å²) in [7, 11) is 0. The Kier molecular flexibility index (Phi) is 2.23. The van der Waals surface area contributed by atoms with Crippen LogP contribution in [0, 0.1) is 13.8 Å². The van der Waals surface area contributed by atoms with Gasteiger partial charge in [0.15, 0.2) is 16.8 Å². The van der Waals surface area contributed by atoms with Crippen LogP contribution < -0.4 is 0 Å². The number of aryl methyl sites for hydroxylation is 2. The lowest BCUT2D eigenvalue weighted by Crippen LogP contribution is -1.79. The number of aromatic nitrogens is 2. The molecule has 0 bridgehead atoms. The van der Waals surface area contributed by atoms with Crippen LogP contribution >= 0.6 is 11.6 Å². The SMILES string of the molecule is Cc1cc(C)c2nc(-c3ccc(Cl)o3)[nH]c2c1. The smallest absolute Gasteiger partial charge is 0.194 e. The molecule has 0 spiro atoms. The standard InChI is InChI=1S/C13H11ClN2O/c1-7-5-8(2)12-9(6-7)15-13(16-12)10-3-4-11(14)17-10/h3-6H,1-2H3,(H,15,16). The van der Waals surface area contributed by atoms with E-state index in [1.165, 1.54) is 5.56 Å². The molecule has 3 rings (SSSR count). The maximum absolute atomic E-state index is 5.76. The van der Waals surface area contributed by atoms with Crippen molar-refractivity contribution in [2.75, 3.05) is 0 Å². The third-order valence-electron chi connectivity index (χ3n) is 2.73. The number of furan rings is 1. The van der Waals surface area contributed by atoms with Crippen molar-refractivity contribution in [1.82, 2.24) is 9.97 Å². The first-order chi connectivity index (χ1) is 8.13. The molecule has 86 valence electrons. The molecule has 2 heterocycles. The number of aromatic amines is 1. The summed E-state index contributed by atoms with van der Waals surface area (Å²) in [5, 5.41) is 0.369. The maximum Gasteiger partial charge on any atom is 0.194 e. The summed E-state index contributed by atoms with van der Waals surface area (Å²) in [5.74, 6) is 1.36. The minimum absolute atomic E-state index is 0.369. The van der Waals surface area contributed by atoms with Gasteiger partial charge in [-0.3, -0.25) is 0 Å². The van der Waals surface area contributed by atoms with Gasteiger partial charge in [0.25, 0.3) is 0 Å². The first-order valence-electron chi connectivity index (χ1n) is 5.36. The molecule has 0 atom stereocenters. The molecule has 0 aliphatic carbocycles. The van der Waals surface area contributed by atoms with Crippen LogP contribution in [0.25, 0.3) is 22.6 Å². The quantitative estimate of drug-likeness (QED) is 0.703. The van der Waals surface area contributed by atoms with E-state index in [1.54, 1.807) is 6.07 Å². The van der Waals surface area contributed by atoms with Crippen LogP contribution in [0.2, 0.25) is 5.22 Å². The van der Waals surface area contributed by atoms with Crippen molar-refractivity contribution in [3.63, 3.8) is 0 Å². The van der Waals surface area contributed by atoms with E-state index in [0.29, 0.717) is 16.8 Å². The van der Waals surface area contributed by atoms with E-state index in [4.69, 9.17) is 16.0 Å². The van der Waals surface area contributed by atoms with Crippen LogP contribution in [0.4, 0.5) is 0 Å². The molecule has 0 aliphatic rings. The van der Waals surface area contributed by atoms with Crippen LogP contribution in [0.5, 0.6) is 0 Å². The molecule has 4 heteroatoms. The number of H-pyrrole nitrogens is 1. The summed E-state index contributed by atoms with van der Waals surface area (Å²) in [6.45, 7) is 4.12. The Morgan fingerprint density at radius 1 is 1.24 bits per heavy atom. The monoisotopic (exact) mass is 246 g/mol. The van der Waals surface area contributed by atoms with E-state index < -0.39 is 0 Å². The summed E-state index contributed by atoms with van der Waals surface area (Å²) < 4.78 is 5.34. The fourth-order valence-electron chi connectivity index (χ4n) is 2.03. The molecule has 0 saturated carbocycles. The molecule has 0 unspecified atom stereocenters. The van der Waals surface area contributed by atoms with Crippen LogP contribution in [0.3, 0.4) is 0 Å². The van der Waals surface area contributed by atoms with E-state index >= 15 is 0 Å². The summed E-state index contributed by atoms with van der Waals surface area (Å²) in [4.78, 5) is 7.77. The molecule has 1 N–H and O–H groups in total. The van der Waals surface area contributed by atoms with Crippen molar-refractivity contribution < 1.29 is 4.42 Å². The highest BCUT2D eigenvalue weighted by atomic mass is 35.5. The van der Waals surface area contributed by atoms with Gasteiger partial charge in [-0.05, 0) is 54.8 Å². The number of hydrogen-bond acceptors (Lipinski definition) is 2. The minimum Gasteiger partial charge on any atom is -0.441 e. The van der Waals surface area contributed by atoms with E-state index in [1.807, 2.05) is 6.07 Å². The number of hydrogen-bond donors (Lipinski definition) is 1. The van der Waals surface area contributed by atoms with Gasteiger partial charge in [0.05, 0.1) is 11.0 Å². The zero-order chi connectivity index (χ0) is 12.0. The molecule has 2 aromatic heterocycles. The molecule has 0 saturated heterocycles. The highest BCUT2D eigenvalue weighted by Gasteiger charge is 2.10. The van der Waals surface area contributed by atoms with E-state index in [-0.39, 0.29) is 0 Å². The number of benzene rings is 1. The van der Waals surface area contributed by atoms with E-state index in [2.05, 4.69) is 35.9 Å². The summed E-state index contributed by atoms with van der Waals surface area (Å²) >= 11 is 5.76. The van der Waals surface area contributed by atoms with Crippen molar-refractivity contribution in [3.8, 4) is 11.6 Å². The molecule has 0 aliphatic heterocycles. The molecule has 3 nitrogen and oxygen atoms in total. The van der Waals surface area contributed by atoms with Gasteiger partial charge in [-0.15, -0.1) is 0 Å². The molecule has 17 heavy (non-hydrogen) atoms. The number of rotatable bonds is 1. The number of imidazole rings is 1. The lowest BCUT2D eigenvalue weighted by Gasteiger charge is -1.96.